The molecule has 0 saturated heterocycles. The molecule has 0 atom stereocenters. The lowest BCUT2D eigenvalue weighted by molar-refractivity contribution is 0.102. The maximum atomic E-state index is 11.8. The Balaban J connectivity index is 2.17. The summed E-state index contributed by atoms with van der Waals surface area (Å²) in [5.41, 5.74) is 1.51. The van der Waals surface area contributed by atoms with Crippen molar-refractivity contribution < 1.29 is 9.21 Å². The number of nitriles is 1. The molecule has 2 aromatic rings. The number of aryl methyl sites for hydroxylation is 1. The number of aromatic nitrogens is 1. The quantitative estimate of drug-likeness (QED) is 0.852. The van der Waals surface area contributed by atoms with Crippen molar-refractivity contribution in [2.45, 2.75) is 6.92 Å². The number of hydrogen-bond acceptors (Lipinski definition) is 4. The second-order valence-corrected chi connectivity index (χ2v) is 3.44. The molecule has 1 amide bonds. The third-order valence-corrected chi connectivity index (χ3v) is 2.09. The number of carbonyl (C=O) groups excluding carboxylic acids is 1. The van der Waals surface area contributed by atoms with Crippen molar-refractivity contribution in [1.29, 1.82) is 5.26 Å². The van der Waals surface area contributed by atoms with Crippen LogP contribution in [-0.2, 0) is 0 Å². The first kappa shape index (κ1) is 10.9. The maximum Gasteiger partial charge on any atom is 0.301 e. The van der Waals surface area contributed by atoms with Crippen LogP contribution in [0.25, 0.3) is 0 Å². The summed E-state index contributed by atoms with van der Waals surface area (Å²) in [5, 5.41) is 11.2. The van der Waals surface area contributed by atoms with Crippen LogP contribution in [0.15, 0.2) is 34.9 Å². The normalized spacial score (nSPS) is 9.65. The van der Waals surface area contributed by atoms with E-state index < -0.39 is 0 Å². The van der Waals surface area contributed by atoms with Gasteiger partial charge in [0.2, 0.25) is 0 Å². The van der Waals surface area contributed by atoms with Crippen molar-refractivity contribution in [2.24, 2.45) is 0 Å². The van der Waals surface area contributed by atoms with E-state index in [1.165, 1.54) is 12.3 Å². The van der Waals surface area contributed by atoms with Gasteiger partial charge in [-0.3, -0.25) is 10.1 Å². The highest BCUT2D eigenvalue weighted by Gasteiger charge is 2.09. The van der Waals surface area contributed by atoms with Gasteiger partial charge in [-0.1, -0.05) is 6.07 Å². The topological polar surface area (TPSA) is 78.9 Å². The van der Waals surface area contributed by atoms with Gasteiger partial charge in [0.15, 0.2) is 0 Å². The number of hydrogen-bond donors (Lipinski definition) is 1. The average Bonchev–Trinajstić information content (AvgIpc) is 2.75. The number of amides is 1. The number of benzene rings is 1. The second-order valence-electron chi connectivity index (χ2n) is 3.44. The fourth-order valence-electron chi connectivity index (χ4n) is 1.31. The molecule has 0 radical (unpaired) electrons. The van der Waals surface area contributed by atoms with Crippen LogP contribution in [0.5, 0.6) is 0 Å². The minimum absolute atomic E-state index is 0.148. The van der Waals surface area contributed by atoms with Crippen LogP contribution >= 0.6 is 0 Å². The van der Waals surface area contributed by atoms with Crippen molar-refractivity contribution >= 4 is 11.9 Å². The van der Waals surface area contributed by atoms with Crippen LogP contribution in [0.2, 0.25) is 0 Å². The van der Waals surface area contributed by atoms with Gasteiger partial charge < -0.3 is 4.42 Å². The molecular weight excluding hydrogens is 218 g/mol. The molecule has 17 heavy (non-hydrogen) atoms. The Bertz CT molecular complexity index is 596. The van der Waals surface area contributed by atoms with Crippen molar-refractivity contribution in [3.05, 3.63) is 47.3 Å². The predicted molar refractivity (Wildman–Crippen MR) is 60.4 cm³/mol. The van der Waals surface area contributed by atoms with Crippen LogP contribution in [-0.4, -0.2) is 10.9 Å². The minimum Gasteiger partial charge on any atom is -0.432 e. The summed E-state index contributed by atoms with van der Waals surface area (Å²) in [7, 11) is 0. The summed E-state index contributed by atoms with van der Waals surface area (Å²) in [6.45, 7) is 1.76. The van der Waals surface area contributed by atoms with Crippen LogP contribution in [0, 0.1) is 18.3 Å². The van der Waals surface area contributed by atoms with Crippen LogP contribution in [0.1, 0.15) is 21.6 Å². The SMILES string of the molecule is Cc1coc(NC(=O)c2cccc(C#N)c2)n1. The largest absolute Gasteiger partial charge is 0.432 e. The molecule has 5 heteroatoms. The first-order valence-corrected chi connectivity index (χ1v) is 4.92. The molecule has 1 aromatic heterocycles. The van der Waals surface area contributed by atoms with E-state index in [-0.39, 0.29) is 11.9 Å². The van der Waals surface area contributed by atoms with Crippen LogP contribution < -0.4 is 5.32 Å². The van der Waals surface area contributed by atoms with Crippen LogP contribution in [0.3, 0.4) is 0 Å². The molecule has 0 unspecified atom stereocenters. The Hall–Kier alpha value is -2.61. The van der Waals surface area contributed by atoms with Gasteiger partial charge in [0, 0.05) is 5.56 Å². The summed E-state index contributed by atoms with van der Waals surface area (Å²) < 4.78 is 5.00. The maximum absolute atomic E-state index is 11.8. The number of nitrogens with zero attached hydrogens (tertiary/aromatic N) is 2. The lowest BCUT2D eigenvalue weighted by atomic mass is 10.1. The Kier molecular flexibility index (Phi) is 2.88. The molecule has 1 N–H and O–H groups in total. The molecule has 1 heterocycles. The third-order valence-electron chi connectivity index (χ3n) is 2.09. The second kappa shape index (κ2) is 4.49. The van der Waals surface area contributed by atoms with E-state index in [1.807, 2.05) is 6.07 Å². The van der Waals surface area contributed by atoms with Crippen molar-refractivity contribution in [3.63, 3.8) is 0 Å². The molecule has 0 bridgehead atoms. The highest BCUT2D eigenvalue weighted by atomic mass is 16.4. The minimum atomic E-state index is -0.357. The van der Waals surface area contributed by atoms with Gasteiger partial charge in [-0.15, -0.1) is 0 Å². The first-order chi connectivity index (χ1) is 8.19. The van der Waals surface area contributed by atoms with Gasteiger partial charge in [0.25, 0.3) is 5.91 Å². The Morgan fingerprint density at radius 1 is 1.53 bits per heavy atom. The fourth-order valence-corrected chi connectivity index (χ4v) is 1.31. The number of carbonyl (C=O) groups is 1. The van der Waals surface area contributed by atoms with E-state index in [2.05, 4.69) is 10.3 Å². The van der Waals surface area contributed by atoms with E-state index in [9.17, 15) is 4.79 Å². The Morgan fingerprint density at radius 3 is 3.00 bits per heavy atom. The molecule has 1 aromatic carbocycles. The van der Waals surface area contributed by atoms with Gasteiger partial charge in [0.1, 0.15) is 6.26 Å². The zero-order valence-electron chi connectivity index (χ0n) is 9.10. The zero-order valence-corrected chi connectivity index (χ0v) is 9.10. The van der Waals surface area contributed by atoms with Gasteiger partial charge in [-0.2, -0.15) is 10.2 Å². The average molecular weight is 227 g/mol. The standard InChI is InChI=1S/C12H9N3O2/c1-8-7-17-12(14-8)15-11(16)10-4-2-3-9(5-10)6-13/h2-5,7H,1H3,(H,14,15,16). The molecule has 0 aliphatic carbocycles. The van der Waals surface area contributed by atoms with E-state index in [1.54, 1.807) is 25.1 Å². The first-order valence-electron chi connectivity index (χ1n) is 4.92. The highest BCUT2D eigenvalue weighted by molar-refractivity contribution is 6.03. The molecule has 0 spiro atoms. The third kappa shape index (κ3) is 2.49. The van der Waals surface area contributed by atoms with E-state index in [0.717, 1.165) is 0 Å². The van der Waals surface area contributed by atoms with Gasteiger partial charge in [-0.05, 0) is 25.1 Å². The van der Waals surface area contributed by atoms with Gasteiger partial charge >= 0.3 is 6.01 Å². The predicted octanol–water partition coefficient (Wildman–Crippen LogP) is 2.11. The monoisotopic (exact) mass is 227 g/mol. The van der Waals surface area contributed by atoms with E-state index in [4.69, 9.17) is 9.68 Å². The number of anilines is 1. The van der Waals surface area contributed by atoms with Gasteiger partial charge in [-0.25, -0.2) is 0 Å². The molecule has 0 aliphatic heterocycles. The highest BCUT2D eigenvalue weighted by Crippen LogP contribution is 2.10. The molecule has 84 valence electrons. The van der Waals surface area contributed by atoms with Gasteiger partial charge in [0.05, 0.1) is 17.3 Å². The summed E-state index contributed by atoms with van der Waals surface area (Å²) in [6, 6.07) is 8.52. The Morgan fingerprint density at radius 2 is 2.35 bits per heavy atom. The summed E-state index contributed by atoms with van der Waals surface area (Å²) in [5.74, 6) is -0.357. The summed E-state index contributed by atoms with van der Waals surface area (Å²) >= 11 is 0. The summed E-state index contributed by atoms with van der Waals surface area (Å²) in [4.78, 5) is 15.7. The van der Waals surface area contributed by atoms with Crippen molar-refractivity contribution in [3.8, 4) is 6.07 Å². The molecule has 0 fully saturated rings. The zero-order chi connectivity index (χ0) is 12.3. The molecule has 2 rings (SSSR count). The fraction of sp³-hybridized carbons (Fsp3) is 0.0833. The Labute approximate surface area is 97.7 Å². The van der Waals surface area contributed by atoms with Crippen LogP contribution in [0.4, 0.5) is 6.01 Å². The molecule has 5 nitrogen and oxygen atoms in total. The number of nitrogens with one attached hydrogen (secondary N) is 1. The summed E-state index contributed by atoms with van der Waals surface area (Å²) in [6.07, 6.45) is 1.45. The smallest absolute Gasteiger partial charge is 0.301 e. The molecule has 0 aliphatic rings. The lowest BCUT2D eigenvalue weighted by Crippen LogP contribution is -2.12. The van der Waals surface area contributed by atoms with Crippen molar-refractivity contribution in [1.82, 2.24) is 4.98 Å². The number of oxazole rings is 1. The van der Waals surface area contributed by atoms with Crippen molar-refractivity contribution in [2.75, 3.05) is 5.32 Å². The van der Waals surface area contributed by atoms with E-state index in [0.29, 0.717) is 16.8 Å². The molecular formula is C12H9N3O2. The van der Waals surface area contributed by atoms with E-state index >= 15 is 0 Å². The molecule has 0 saturated carbocycles. The number of rotatable bonds is 2. The lowest BCUT2D eigenvalue weighted by Gasteiger charge is -2.00.